The van der Waals surface area contributed by atoms with Crippen molar-refractivity contribution >= 4 is 23.0 Å². The van der Waals surface area contributed by atoms with E-state index in [1.165, 1.54) is 12.5 Å². The molecule has 5 heteroatoms. The van der Waals surface area contributed by atoms with E-state index in [0.29, 0.717) is 17.4 Å². The van der Waals surface area contributed by atoms with Crippen molar-refractivity contribution in [2.45, 2.75) is 46.1 Å². The lowest BCUT2D eigenvalue weighted by molar-refractivity contribution is -0.384. The van der Waals surface area contributed by atoms with Gasteiger partial charge in [-0.15, -0.1) is 0 Å². The predicted molar refractivity (Wildman–Crippen MR) is 82.3 cm³/mol. The fraction of sp³-hybridized carbons (Fsp3) is 0.600. The summed E-state index contributed by atoms with van der Waals surface area (Å²) in [6, 6.07) is 5.23. The molecule has 1 fully saturated rings. The Kier molecular flexibility index (Phi) is 4.23. The van der Waals surface area contributed by atoms with Gasteiger partial charge >= 0.3 is 0 Å². The maximum atomic E-state index is 10.8. The molecule has 1 N–H and O–H groups in total. The highest BCUT2D eigenvalue weighted by molar-refractivity contribution is 6.32. The van der Waals surface area contributed by atoms with E-state index < -0.39 is 4.92 Å². The fourth-order valence-electron chi connectivity index (χ4n) is 3.44. The van der Waals surface area contributed by atoms with Crippen LogP contribution in [0.3, 0.4) is 0 Å². The van der Waals surface area contributed by atoms with Gasteiger partial charge in [0.1, 0.15) is 5.02 Å². The lowest BCUT2D eigenvalue weighted by atomic mass is 9.70. The summed E-state index contributed by atoms with van der Waals surface area (Å²) in [7, 11) is 0. The van der Waals surface area contributed by atoms with Crippen LogP contribution in [0, 0.1) is 21.4 Å². The number of halogens is 1. The Hall–Kier alpha value is -1.29. The van der Waals surface area contributed by atoms with Crippen LogP contribution in [0.1, 0.15) is 40.0 Å². The molecule has 0 spiro atoms. The summed E-state index contributed by atoms with van der Waals surface area (Å²) in [5, 5.41) is 14.4. The van der Waals surface area contributed by atoms with Crippen molar-refractivity contribution in [1.29, 1.82) is 0 Å². The number of anilines is 1. The standard InChI is InChI=1S/C15H21ClN2O2/c1-10-6-12(9-15(2,3)8-10)17-11-4-5-14(18(19)20)13(16)7-11/h4-5,7,10,12,17H,6,8-9H2,1-3H3. The van der Waals surface area contributed by atoms with Gasteiger partial charge in [-0.05, 0) is 42.7 Å². The maximum absolute atomic E-state index is 10.8. The van der Waals surface area contributed by atoms with Gasteiger partial charge in [0.25, 0.3) is 5.69 Å². The lowest BCUT2D eigenvalue weighted by Crippen LogP contribution is -2.35. The van der Waals surface area contributed by atoms with E-state index in [2.05, 4.69) is 26.1 Å². The molecule has 1 aromatic carbocycles. The Morgan fingerprint density at radius 3 is 2.65 bits per heavy atom. The minimum Gasteiger partial charge on any atom is -0.382 e. The summed E-state index contributed by atoms with van der Waals surface area (Å²) in [6.07, 6.45) is 3.47. The molecule has 0 saturated heterocycles. The van der Waals surface area contributed by atoms with Crippen LogP contribution in [0.2, 0.25) is 5.02 Å². The van der Waals surface area contributed by atoms with Gasteiger partial charge in [0, 0.05) is 17.8 Å². The van der Waals surface area contributed by atoms with Gasteiger partial charge in [0.05, 0.1) is 4.92 Å². The molecule has 0 aliphatic heterocycles. The average Bonchev–Trinajstić information content (AvgIpc) is 2.25. The second-order valence-corrected chi connectivity index (χ2v) is 7.09. The molecule has 1 saturated carbocycles. The Morgan fingerprint density at radius 2 is 2.10 bits per heavy atom. The van der Waals surface area contributed by atoms with Crippen molar-refractivity contribution < 1.29 is 4.92 Å². The third-order valence-electron chi connectivity index (χ3n) is 3.90. The van der Waals surface area contributed by atoms with Crippen LogP contribution >= 0.6 is 11.6 Å². The number of nitro groups is 1. The molecule has 4 nitrogen and oxygen atoms in total. The van der Waals surface area contributed by atoms with Gasteiger partial charge in [0.15, 0.2) is 0 Å². The first-order valence-corrected chi connectivity index (χ1v) is 7.35. The molecule has 1 aromatic rings. The molecular formula is C15H21ClN2O2. The number of hydrogen-bond acceptors (Lipinski definition) is 3. The first-order valence-electron chi connectivity index (χ1n) is 6.97. The second-order valence-electron chi connectivity index (χ2n) is 6.68. The summed E-state index contributed by atoms with van der Waals surface area (Å²) in [5.74, 6) is 0.685. The first kappa shape index (κ1) is 15.1. The average molecular weight is 297 g/mol. The van der Waals surface area contributed by atoms with Gasteiger partial charge in [-0.2, -0.15) is 0 Å². The quantitative estimate of drug-likeness (QED) is 0.639. The second kappa shape index (κ2) is 5.60. The molecule has 2 rings (SSSR count). The molecule has 0 heterocycles. The van der Waals surface area contributed by atoms with Crippen LogP contribution in [0.15, 0.2) is 18.2 Å². The van der Waals surface area contributed by atoms with E-state index in [0.717, 1.165) is 18.5 Å². The SMILES string of the molecule is CC1CC(Nc2ccc([N+](=O)[O-])c(Cl)c2)CC(C)(C)C1. The van der Waals surface area contributed by atoms with Crippen molar-refractivity contribution in [3.8, 4) is 0 Å². The molecule has 0 radical (unpaired) electrons. The van der Waals surface area contributed by atoms with E-state index in [4.69, 9.17) is 11.6 Å². The Labute approximate surface area is 124 Å². The van der Waals surface area contributed by atoms with E-state index in [1.807, 2.05) is 0 Å². The number of rotatable bonds is 3. The van der Waals surface area contributed by atoms with E-state index in [9.17, 15) is 10.1 Å². The lowest BCUT2D eigenvalue weighted by Gasteiger charge is -2.39. The molecule has 110 valence electrons. The van der Waals surface area contributed by atoms with E-state index in [-0.39, 0.29) is 10.7 Å². The summed E-state index contributed by atoms with van der Waals surface area (Å²) < 4.78 is 0. The van der Waals surface area contributed by atoms with Crippen molar-refractivity contribution in [2.24, 2.45) is 11.3 Å². The number of nitro benzene ring substituents is 1. The molecule has 1 aliphatic rings. The highest BCUT2D eigenvalue weighted by atomic mass is 35.5. The van der Waals surface area contributed by atoms with Crippen molar-refractivity contribution in [3.05, 3.63) is 33.3 Å². The zero-order chi connectivity index (χ0) is 14.9. The predicted octanol–water partition coefficient (Wildman–Crippen LogP) is 4.87. The third-order valence-corrected chi connectivity index (χ3v) is 4.20. The monoisotopic (exact) mass is 296 g/mol. The van der Waals surface area contributed by atoms with Gasteiger partial charge in [-0.3, -0.25) is 10.1 Å². The van der Waals surface area contributed by atoms with Crippen LogP contribution in [-0.2, 0) is 0 Å². The molecule has 2 unspecified atom stereocenters. The Morgan fingerprint density at radius 1 is 1.40 bits per heavy atom. The fourth-order valence-corrected chi connectivity index (χ4v) is 3.69. The highest BCUT2D eigenvalue weighted by Gasteiger charge is 2.32. The largest absolute Gasteiger partial charge is 0.382 e. The smallest absolute Gasteiger partial charge is 0.288 e. The van der Waals surface area contributed by atoms with Crippen molar-refractivity contribution in [2.75, 3.05) is 5.32 Å². The summed E-state index contributed by atoms with van der Waals surface area (Å²) >= 11 is 5.95. The zero-order valence-electron chi connectivity index (χ0n) is 12.1. The topological polar surface area (TPSA) is 55.2 Å². The van der Waals surface area contributed by atoms with Gasteiger partial charge in [-0.1, -0.05) is 32.4 Å². The summed E-state index contributed by atoms with van der Waals surface area (Å²) in [6.45, 7) is 6.86. The summed E-state index contributed by atoms with van der Waals surface area (Å²) in [5.41, 5.74) is 1.14. The van der Waals surface area contributed by atoms with E-state index in [1.54, 1.807) is 12.1 Å². The minimum atomic E-state index is -0.460. The Balaban J connectivity index is 2.10. The highest BCUT2D eigenvalue weighted by Crippen LogP contribution is 2.40. The molecule has 0 amide bonds. The van der Waals surface area contributed by atoms with Gasteiger partial charge in [-0.25, -0.2) is 0 Å². The van der Waals surface area contributed by atoms with Gasteiger partial charge in [0.2, 0.25) is 0 Å². The van der Waals surface area contributed by atoms with Crippen molar-refractivity contribution in [1.82, 2.24) is 0 Å². The van der Waals surface area contributed by atoms with E-state index >= 15 is 0 Å². The third kappa shape index (κ3) is 3.63. The molecule has 0 bridgehead atoms. The normalized spacial score (nSPS) is 25.2. The molecule has 2 atom stereocenters. The van der Waals surface area contributed by atoms with Crippen molar-refractivity contribution in [3.63, 3.8) is 0 Å². The minimum absolute atomic E-state index is 0.0467. The first-order chi connectivity index (χ1) is 9.27. The van der Waals surface area contributed by atoms with Crippen LogP contribution in [0.5, 0.6) is 0 Å². The Bertz CT molecular complexity index is 517. The molecule has 0 aromatic heterocycles. The number of nitrogens with zero attached hydrogens (tertiary/aromatic N) is 1. The number of benzene rings is 1. The van der Waals surface area contributed by atoms with Crippen LogP contribution in [-0.4, -0.2) is 11.0 Å². The molecular weight excluding hydrogens is 276 g/mol. The zero-order valence-corrected chi connectivity index (χ0v) is 12.9. The maximum Gasteiger partial charge on any atom is 0.288 e. The number of nitrogens with one attached hydrogen (secondary N) is 1. The molecule has 20 heavy (non-hydrogen) atoms. The number of hydrogen-bond donors (Lipinski definition) is 1. The van der Waals surface area contributed by atoms with Crippen LogP contribution < -0.4 is 5.32 Å². The molecule has 1 aliphatic carbocycles. The van der Waals surface area contributed by atoms with Crippen LogP contribution in [0.25, 0.3) is 0 Å². The van der Waals surface area contributed by atoms with Gasteiger partial charge < -0.3 is 5.32 Å². The van der Waals surface area contributed by atoms with Crippen LogP contribution in [0.4, 0.5) is 11.4 Å². The summed E-state index contributed by atoms with van der Waals surface area (Å²) in [4.78, 5) is 10.3.